The summed E-state index contributed by atoms with van der Waals surface area (Å²) >= 11 is 2.48. The summed E-state index contributed by atoms with van der Waals surface area (Å²) in [6, 6.07) is 10.9. The van der Waals surface area contributed by atoms with Crippen molar-refractivity contribution in [2.24, 2.45) is 11.8 Å². The first-order chi connectivity index (χ1) is 10.6. The van der Waals surface area contributed by atoms with Gasteiger partial charge in [-0.25, -0.2) is 0 Å². The van der Waals surface area contributed by atoms with E-state index in [1.54, 1.807) is 14.2 Å². The molecule has 0 aliphatic carbocycles. The second kappa shape index (κ2) is 8.43. The number of alkyl halides is 1. The zero-order valence-corrected chi connectivity index (χ0v) is 15.8. The molecule has 2 rings (SSSR count). The Labute approximate surface area is 147 Å². The van der Waals surface area contributed by atoms with Crippen LogP contribution in [-0.2, 0) is 16.0 Å². The first-order valence-electron chi connectivity index (χ1n) is 7.67. The van der Waals surface area contributed by atoms with Gasteiger partial charge in [-0.3, -0.25) is 4.90 Å². The van der Waals surface area contributed by atoms with Crippen molar-refractivity contribution in [2.75, 3.05) is 25.2 Å². The average molecular weight is 415 g/mol. The fraction of sp³-hybridized carbons (Fsp3) is 0.556. The molecule has 1 saturated heterocycles. The molecule has 0 amide bonds. The van der Waals surface area contributed by atoms with Crippen LogP contribution in [0.1, 0.15) is 12.5 Å². The molecule has 1 aromatic carbocycles. The van der Waals surface area contributed by atoms with Crippen LogP contribution >= 0.6 is 22.6 Å². The molecule has 4 heteroatoms. The number of nitrogens with zero attached hydrogens (tertiary/aromatic N) is 1. The maximum atomic E-state index is 5.61. The van der Waals surface area contributed by atoms with E-state index in [2.05, 4.69) is 71.3 Å². The topological polar surface area (TPSA) is 21.7 Å². The van der Waals surface area contributed by atoms with Gasteiger partial charge in [0.2, 0.25) is 0 Å². The molecule has 1 aliphatic rings. The molecule has 0 N–H and O–H groups in total. The van der Waals surface area contributed by atoms with E-state index >= 15 is 0 Å². The molecule has 3 nitrogen and oxygen atoms in total. The predicted molar refractivity (Wildman–Crippen MR) is 99.1 cm³/mol. The summed E-state index contributed by atoms with van der Waals surface area (Å²) in [5, 5.41) is 0. The number of hydrogen-bond acceptors (Lipinski definition) is 3. The lowest BCUT2D eigenvalue weighted by atomic mass is 9.87. The highest BCUT2D eigenvalue weighted by Crippen LogP contribution is 2.38. The van der Waals surface area contributed by atoms with Crippen molar-refractivity contribution >= 4 is 22.6 Å². The van der Waals surface area contributed by atoms with Crippen LogP contribution in [0.3, 0.4) is 0 Å². The normalized spacial score (nSPS) is 25.8. The number of likely N-dealkylation sites (tertiary alicyclic amines) is 1. The van der Waals surface area contributed by atoms with Crippen LogP contribution < -0.4 is 0 Å². The smallest absolute Gasteiger partial charge is 0.172 e. The molecule has 1 fully saturated rings. The fourth-order valence-corrected chi connectivity index (χ4v) is 4.61. The Bertz CT molecular complexity index is 475. The van der Waals surface area contributed by atoms with Crippen LogP contribution in [-0.4, -0.2) is 42.4 Å². The average Bonchev–Trinajstić information content (AvgIpc) is 2.88. The summed E-state index contributed by atoms with van der Waals surface area (Å²) in [5.74, 6) is 1.00. The molecular weight excluding hydrogens is 389 g/mol. The lowest BCUT2D eigenvalue weighted by Gasteiger charge is -2.33. The minimum absolute atomic E-state index is 0.201. The second-order valence-corrected chi connectivity index (χ2v) is 6.90. The lowest BCUT2D eigenvalue weighted by Crippen LogP contribution is -2.44. The van der Waals surface area contributed by atoms with Crippen molar-refractivity contribution < 1.29 is 9.47 Å². The van der Waals surface area contributed by atoms with Crippen LogP contribution in [0.25, 0.3) is 0 Å². The van der Waals surface area contributed by atoms with Crippen molar-refractivity contribution in [1.82, 2.24) is 4.90 Å². The summed E-state index contributed by atoms with van der Waals surface area (Å²) in [6.45, 7) is 8.29. The number of ether oxygens (including phenoxy) is 2. The van der Waals surface area contributed by atoms with E-state index in [9.17, 15) is 0 Å². The third kappa shape index (κ3) is 3.91. The molecule has 122 valence electrons. The zero-order chi connectivity index (χ0) is 16.1. The van der Waals surface area contributed by atoms with Crippen LogP contribution in [0.5, 0.6) is 0 Å². The van der Waals surface area contributed by atoms with Crippen LogP contribution in [0.15, 0.2) is 42.5 Å². The second-order valence-electron chi connectivity index (χ2n) is 6.02. The SMILES string of the molecule is C=C(C)[C@H]1CN(Cc2ccccc2)[C@@H](C(OC)OC)[C@H]1CI. The number of benzene rings is 1. The standard InChI is InChI=1S/C18H26INO2/c1-13(2)16-12-20(11-14-8-6-5-7-9-14)17(15(16)10-19)18(21-3)22-4/h5-9,15-18H,1,10-12H2,2-4H3/t15-,16+,17+/m0/s1. The summed E-state index contributed by atoms with van der Waals surface area (Å²) in [6.07, 6.45) is -0.201. The van der Waals surface area contributed by atoms with Crippen LogP contribution in [0, 0.1) is 11.8 Å². The van der Waals surface area contributed by atoms with Crippen molar-refractivity contribution in [2.45, 2.75) is 25.8 Å². The molecule has 0 radical (unpaired) electrons. The van der Waals surface area contributed by atoms with Crippen molar-refractivity contribution in [1.29, 1.82) is 0 Å². The Morgan fingerprint density at radius 1 is 1.32 bits per heavy atom. The number of methoxy groups -OCH3 is 2. The maximum absolute atomic E-state index is 5.61. The van der Waals surface area contributed by atoms with E-state index in [-0.39, 0.29) is 12.3 Å². The van der Waals surface area contributed by atoms with Crippen LogP contribution in [0.4, 0.5) is 0 Å². The van der Waals surface area contributed by atoms with Gasteiger partial charge < -0.3 is 9.47 Å². The molecule has 0 spiro atoms. The van der Waals surface area contributed by atoms with Crippen molar-refractivity contribution in [3.63, 3.8) is 0 Å². The van der Waals surface area contributed by atoms with Gasteiger partial charge in [0.15, 0.2) is 6.29 Å². The Kier molecular flexibility index (Phi) is 6.87. The Morgan fingerprint density at radius 3 is 2.45 bits per heavy atom. The fourth-order valence-electron chi connectivity index (χ4n) is 3.48. The van der Waals surface area contributed by atoms with E-state index in [0.29, 0.717) is 11.8 Å². The molecule has 0 saturated carbocycles. The highest BCUT2D eigenvalue weighted by molar-refractivity contribution is 14.1. The van der Waals surface area contributed by atoms with E-state index in [0.717, 1.165) is 17.5 Å². The van der Waals surface area contributed by atoms with E-state index in [1.807, 2.05) is 0 Å². The monoisotopic (exact) mass is 415 g/mol. The zero-order valence-electron chi connectivity index (χ0n) is 13.7. The molecule has 22 heavy (non-hydrogen) atoms. The summed E-state index contributed by atoms with van der Waals surface area (Å²) in [4.78, 5) is 2.50. The van der Waals surface area contributed by atoms with Gasteiger partial charge in [-0.15, -0.1) is 0 Å². The van der Waals surface area contributed by atoms with Gasteiger partial charge in [0, 0.05) is 31.7 Å². The minimum Gasteiger partial charge on any atom is -0.354 e. The molecule has 1 aromatic rings. The Balaban J connectivity index is 2.26. The predicted octanol–water partition coefficient (Wildman–Crippen LogP) is 3.73. The maximum Gasteiger partial charge on any atom is 0.172 e. The molecule has 3 atom stereocenters. The number of halogens is 1. The molecule has 1 aliphatic heterocycles. The van der Waals surface area contributed by atoms with Gasteiger partial charge in [-0.2, -0.15) is 0 Å². The molecule has 0 bridgehead atoms. The molecule has 0 aromatic heterocycles. The molecule has 0 unspecified atom stereocenters. The van der Waals surface area contributed by atoms with Gasteiger partial charge in [-0.1, -0.05) is 65.1 Å². The number of hydrogen-bond donors (Lipinski definition) is 0. The number of rotatable bonds is 7. The van der Waals surface area contributed by atoms with E-state index < -0.39 is 0 Å². The minimum atomic E-state index is -0.201. The highest BCUT2D eigenvalue weighted by Gasteiger charge is 2.45. The molecule has 1 heterocycles. The molecular formula is C18H26INO2. The quantitative estimate of drug-likeness (QED) is 0.293. The summed E-state index contributed by atoms with van der Waals surface area (Å²) in [5.41, 5.74) is 2.58. The lowest BCUT2D eigenvalue weighted by molar-refractivity contribution is -0.148. The van der Waals surface area contributed by atoms with Crippen molar-refractivity contribution in [3.8, 4) is 0 Å². The van der Waals surface area contributed by atoms with Gasteiger partial charge in [-0.05, 0) is 24.3 Å². The van der Waals surface area contributed by atoms with E-state index in [1.165, 1.54) is 11.1 Å². The highest BCUT2D eigenvalue weighted by atomic mass is 127. The van der Waals surface area contributed by atoms with Gasteiger partial charge in [0.1, 0.15) is 0 Å². The van der Waals surface area contributed by atoms with Gasteiger partial charge >= 0.3 is 0 Å². The largest absolute Gasteiger partial charge is 0.354 e. The summed E-state index contributed by atoms with van der Waals surface area (Å²) in [7, 11) is 3.46. The first kappa shape index (κ1) is 17.9. The third-order valence-corrected chi connectivity index (χ3v) is 5.61. The van der Waals surface area contributed by atoms with Crippen molar-refractivity contribution in [3.05, 3.63) is 48.0 Å². The third-order valence-electron chi connectivity index (χ3n) is 4.59. The van der Waals surface area contributed by atoms with E-state index in [4.69, 9.17) is 9.47 Å². The summed E-state index contributed by atoms with van der Waals surface area (Å²) < 4.78 is 12.3. The Hall–Kier alpha value is -0.430. The Morgan fingerprint density at radius 2 is 1.95 bits per heavy atom. The van der Waals surface area contributed by atoms with Crippen LogP contribution in [0.2, 0.25) is 0 Å². The van der Waals surface area contributed by atoms with Gasteiger partial charge in [0.05, 0.1) is 6.04 Å². The first-order valence-corrected chi connectivity index (χ1v) is 9.19. The van der Waals surface area contributed by atoms with Gasteiger partial charge in [0.25, 0.3) is 0 Å².